The Bertz CT molecular complexity index is 301. The minimum absolute atomic E-state index is 0.0438. The molecule has 2 N–H and O–H groups in total. The van der Waals surface area contributed by atoms with E-state index in [1.165, 1.54) is 0 Å². The SMILES string of the molecule is CCC(C)(C)OC1CCC(NC(C)C)(C(=O)O)C1. The summed E-state index contributed by atoms with van der Waals surface area (Å²) in [7, 11) is 0. The van der Waals surface area contributed by atoms with Crippen molar-refractivity contribution >= 4 is 5.97 Å². The van der Waals surface area contributed by atoms with Gasteiger partial charge in [-0.05, 0) is 47.0 Å². The van der Waals surface area contributed by atoms with Crippen LogP contribution in [0.4, 0.5) is 0 Å². The molecule has 1 rings (SSSR count). The third kappa shape index (κ3) is 3.69. The van der Waals surface area contributed by atoms with Gasteiger partial charge in [0.25, 0.3) is 0 Å². The van der Waals surface area contributed by atoms with Gasteiger partial charge in [0.15, 0.2) is 0 Å². The van der Waals surface area contributed by atoms with E-state index < -0.39 is 11.5 Å². The van der Waals surface area contributed by atoms with Crippen molar-refractivity contribution in [3.05, 3.63) is 0 Å². The molecular weight excluding hydrogens is 230 g/mol. The predicted molar refractivity (Wildman–Crippen MR) is 71.7 cm³/mol. The zero-order valence-corrected chi connectivity index (χ0v) is 12.2. The van der Waals surface area contributed by atoms with E-state index in [1.54, 1.807) is 0 Å². The maximum atomic E-state index is 11.5. The summed E-state index contributed by atoms with van der Waals surface area (Å²) < 4.78 is 6.03. The quantitative estimate of drug-likeness (QED) is 0.768. The van der Waals surface area contributed by atoms with Gasteiger partial charge in [-0.15, -0.1) is 0 Å². The molecule has 4 nitrogen and oxygen atoms in total. The number of carboxylic acids is 1. The fraction of sp³-hybridized carbons (Fsp3) is 0.929. The summed E-state index contributed by atoms with van der Waals surface area (Å²) in [5, 5.41) is 12.7. The minimum Gasteiger partial charge on any atom is -0.480 e. The van der Waals surface area contributed by atoms with Crippen LogP contribution in [0.15, 0.2) is 0 Å². The summed E-state index contributed by atoms with van der Waals surface area (Å²) in [6, 6.07) is 0.166. The molecule has 18 heavy (non-hydrogen) atoms. The van der Waals surface area contributed by atoms with Crippen molar-refractivity contribution in [3.63, 3.8) is 0 Å². The van der Waals surface area contributed by atoms with E-state index in [0.29, 0.717) is 12.8 Å². The standard InChI is InChI=1S/C14H27NO3/c1-6-13(4,5)18-11-7-8-14(9-11,12(16)17)15-10(2)3/h10-11,15H,6-9H2,1-5H3,(H,16,17). The van der Waals surface area contributed by atoms with Gasteiger partial charge in [0.1, 0.15) is 5.54 Å². The van der Waals surface area contributed by atoms with Gasteiger partial charge < -0.3 is 9.84 Å². The van der Waals surface area contributed by atoms with E-state index >= 15 is 0 Å². The second-order valence-corrected chi connectivity index (χ2v) is 6.28. The van der Waals surface area contributed by atoms with Gasteiger partial charge in [0, 0.05) is 12.5 Å². The van der Waals surface area contributed by atoms with Crippen molar-refractivity contribution in [1.82, 2.24) is 5.32 Å². The van der Waals surface area contributed by atoms with Crippen molar-refractivity contribution in [2.75, 3.05) is 0 Å². The van der Waals surface area contributed by atoms with Crippen molar-refractivity contribution in [2.45, 2.75) is 83.6 Å². The zero-order valence-electron chi connectivity index (χ0n) is 12.2. The second kappa shape index (κ2) is 5.57. The average Bonchev–Trinajstić information content (AvgIpc) is 2.61. The zero-order chi connectivity index (χ0) is 14.0. The molecule has 2 atom stereocenters. The van der Waals surface area contributed by atoms with Crippen molar-refractivity contribution in [3.8, 4) is 0 Å². The Hall–Kier alpha value is -0.610. The lowest BCUT2D eigenvalue weighted by Gasteiger charge is -2.31. The van der Waals surface area contributed by atoms with Crippen LogP contribution in [0.25, 0.3) is 0 Å². The van der Waals surface area contributed by atoms with Gasteiger partial charge in [-0.1, -0.05) is 6.92 Å². The number of carbonyl (C=O) groups is 1. The van der Waals surface area contributed by atoms with Crippen LogP contribution >= 0.6 is 0 Å². The van der Waals surface area contributed by atoms with Crippen LogP contribution in [0.1, 0.15) is 60.3 Å². The molecule has 0 aromatic carbocycles. The molecule has 1 aliphatic carbocycles. The first-order valence-corrected chi connectivity index (χ1v) is 6.90. The van der Waals surface area contributed by atoms with Crippen LogP contribution < -0.4 is 5.32 Å². The molecule has 4 heteroatoms. The highest BCUT2D eigenvalue weighted by Gasteiger charge is 2.47. The lowest BCUT2D eigenvalue weighted by molar-refractivity contribution is -0.146. The third-order valence-electron chi connectivity index (χ3n) is 3.78. The summed E-state index contributed by atoms with van der Waals surface area (Å²) in [5.74, 6) is -0.753. The predicted octanol–water partition coefficient (Wildman–Crippen LogP) is 2.57. The normalized spacial score (nSPS) is 28.9. The summed E-state index contributed by atoms with van der Waals surface area (Å²) in [5.41, 5.74) is -0.972. The van der Waals surface area contributed by atoms with Gasteiger partial charge in [-0.2, -0.15) is 0 Å². The molecular formula is C14H27NO3. The molecule has 0 aromatic heterocycles. The summed E-state index contributed by atoms with van der Waals surface area (Å²) >= 11 is 0. The summed E-state index contributed by atoms with van der Waals surface area (Å²) in [6.45, 7) is 10.2. The van der Waals surface area contributed by atoms with Gasteiger partial charge in [-0.3, -0.25) is 10.1 Å². The molecule has 0 aliphatic heterocycles. The van der Waals surface area contributed by atoms with E-state index in [4.69, 9.17) is 4.74 Å². The highest BCUT2D eigenvalue weighted by Crippen LogP contribution is 2.35. The van der Waals surface area contributed by atoms with E-state index in [-0.39, 0.29) is 17.7 Å². The van der Waals surface area contributed by atoms with Crippen molar-refractivity contribution in [2.24, 2.45) is 0 Å². The first-order valence-electron chi connectivity index (χ1n) is 6.90. The minimum atomic E-state index is -0.803. The molecule has 1 aliphatic rings. The molecule has 2 unspecified atom stereocenters. The second-order valence-electron chi connectivity index (χ2n) is 6.28. The van der Waals surface area contributed by atoms with Gasteiger partial charge in [0.05, 0.1) is 11.7 Å². The summed E-state index contributed by atoms with van der Waals surface area (Å²) in [4.78, 5) is 11.5. The summed E-state index contributed by atoms with van der Waals surface area (Å²) in [6.07, 6.45) is 2.99. The smallest absolute Gasteiger partial charge is 0.324 e. The van der Waals surface area contributed by atoms with E-state index in [2.05, 4.69) is 26.1 Å². The number of aliphatic carboxylic acids is 1. The lowest BCUT2D eigenvalue weighted by atomic mass is 9.96. The van der Waals surface area contributed by atoms with Crippen molar-refractivity contribution < 1.29 is 14.6 Å². The fourth-order valence-corrected chi connectivity index (χ4v) is 2.57. The number of rotatable bonds is 6. The molecule has 0 bridgehead atoms. The molecule has 0 radical (unpaired) electrons. The van der Waals surface area contributed by atoms with E-state index in [0.717, 1.165) is 12.8 Å². The fourth-order valence-electron chi connectivity index (χ4n) is 2.57. The van der Waals surface area contributed by atoms with Crippen LogP contribution in [-0.4, -0.2) is 34.4 Å². The van der Waals surface area contributed by atoms with Crippen LogP contribution in [0.2, 0.25) is 0 Å². The largest absolute Gasteiger partial charge is 0.480 e. The van der Waals surface area contributed by atoms with Crippen molar-refractivity contribution in [1.29, 1.82) is 0 Å². The Kier molecular flexibility index (Phi) is 4.78. The molecule has 106 valence electrons. The number of carboxylic acid groups (broad SMARTS) is 1. The highest BCUT2D eigenvalue weighted by atomic mass is 16.5. The third-order valence-corrected chi connectivity index (χ3v) is 3.78. The molecule has 0 aromatic rings. The Balaban J connectivity index is 2.69. The number of hydrogen-bond acceptors (Lipinski definition) is 3. The van der Waals surface area contributed by atoms with Gasteiger partial charge in [0.2, 0.25) is 0 Å². The van der Waals surface area contributed by atoms with Crippen LogP contribution in [0.3, 0.4) is 0 Å². The van der Waals surface area contributed by atoms with Crippen LogP contribution in [0.5, 0.6) is 0 Å². The van der Waals surface area contributed by atoms with Crippen LogP contribution in [-0.2, 0) is 9.53 Å². The monoisotopic (exact) mass is 257 g/mol. The Morgan fingerprint density at radius 2 is 2.17 bits per heavy atom. The Morgan fingerprint density at radius 3 is 2.61 bits per heavy atom. The highest BCUT2D eigenvalue weighted by molar-refractivity contribution is 5.79. The molecule has 0 amide bonds. The molecule has 0 heterocycles. The number of nitrogens with one attached hydrogen (secondary N) is 1. The van der Waals surface area contributed by atoms with Gasteiger partial charge in [-0.25, -0.2) is 0 Å². The molecule has 1 saturated carbocycles. The van der Waals surface area contributed by atoms with E-state index in [9.17, 15) is 9.90 Å². The number of ether oxygens (including phenoxy) is 1. The topological polar surface area (TPSA) is 58.6 Å². The Labute approximate surface area is 110 Å². The Morgan fingerprint density at radius 1 is 1.56 bits per heavy atom. The maximum absolute atomic E-state index is 11.5. The number of hydrogen-bond donors (Lipinski definition) is 2. The first-order chi connectivity index (χ1) is 8.21. The molecule has 0 saturated heterocycles. The maximum Gasteiger partial charge on any atom is 0.324 e. The average molecular weight is 257 g/mol. The van der Waals surface area contributed by atoms with Gasteiger partial charge >= 0.3 is 5.97 Å². The molecule has 1 fully saturated rings. The lowest BCUT2D eigenvalue weighted by Crippen LogP contribution is -2.53. The molecule has 0 spiro atoms. The first kappa shape index (κ1) is 15.4. The van der Waals surface area contributed by atoms with E-state index in [1.807, 2.05) is 13.8 Å². The van der Waals surface area contributed by atoms with Crippen LogP contribution in [0, 0.1) is 0 Å².